The summed E-state index contributed by atoms with van der Waals surface area (Å²) in [7, 11) is 0. The number of rotatable bonds is 3. The van der Waals surface area contributed by atoms with Gasteiger partial charge in [-0.1, -0.05) is 0 Å². The summed E-state index contributed by atoms with van der Waals surface area (Å²) in [5.74, 6) is -2.07. The number of halogens is 4. The van der Waals surface area contributed by atoms with E-state index in [0.29, 0.717) is 17.8 Å². The number of benzene rings is 1. The van der Waals surface area contributed by atoms with E-state index in [1.54, 1.807) is 0 Å². The number of nitrogens with zero attached hydrogens (tertiary/aromatic N) is 1. The summed E-state index contributed by atoms with van der Waals surface area (Å²) in [6.45, 7) is 0.0956. The number of hydrogen-bond donors (Lipinski definition) is 1. The molecule has 21 heavy (non-hydrogen) atoms. The molecule has 0 aliphatic heterocycles. The van der Waals surface area contributed by atoms with Gasteiger partial charge in [-0.25, -0.2) is 4.39 Å². The number of aromatic nitrogens is 1. The van der Waals surface area contributed by atoms with Gasteiger partial charge in [0.25, 0.3) is 0 Å². The first-order valence-electron chi connectivity index (χ1n) is 5.89. The minimum Gasteiger partial charge on any atom is -0.325 e. The lowest BCUT2D eigenvalue weighted by Gasteiger charge is -2.10. The largest absolute Gasteiger partial charge is 0.419 e. The van der Waals surface area contributed by atoms with E-state index >= 15 is 0 Å². The standard InChI is InChI=1S/C14H10F4N2O/c15-12-2-1-8(6-11(12)14(16,17)18)13(21)9-3-4-20-10(5-9)7-19/h1-6H,7,19H2. The smallest absolute Gasteiger partial charge is 0.325 e. The van der Waals surface area contributed by atoms with Crippen molar-refractivity contribution in [2.75, 3.05) is 0 Å². The summed E-state index contributed by atoms with van der Waals surface area (Å²) in [6, 6.07) is 4.88. The van der Waals surface area contributed by atoms with Crippen LogP contribution in [0.25, 0.3) is 0 Å². The fraction of sp³-hybridized carbons (Fsp3) is 0.143. The first-order valence-corrected chi connectivity index (χ1v) is 5.89. The zero-order valence-corrected chi connectivity index (χ0v) is 10.6. The van der Waals surface area contributed by atoms with Crippen molar-refractivity contribution in [1.82, 2.24) is 4.98 Å². The summed E-state index contributed by atoms with van der Waals surface area (Å²) in [6.07, 6.45) is -3.52. The Labute approximate surface area is 117 Å². The van der Waals surface area contributed by atoms with Crippen LogP contribution in [0.2, 0.25) is 0 Å². The van der Waals surface area contributed by atoms with Crippen LogP contribution in [-0.4, -0.2) is 10.8 Å². The Morgan fingerprint density at radius 3 is 2.43 bits per heavy atom. The molecule has 7 heteroatoms. The van der Waals surface area contributed by atoms with Crippen molar-refractivity contribution >= 4 is 5.78 Å². The topological polar surface area (TPSA) is 56.0 Å². The van der Waals surface area contributed by atoms with Crippen molar-refractivity contribution in [3.05, 3.63) is 64.7 Å². The van der Waals surface area contributed by atoms with Crippen LogP contribution < -0.4 is 5.73 Å². The second kappa shape index (κ2) is 5.61. The third-order valence-corrected chi connectivity index (χ3v) is 2.82. The van der Waals surface area contributed by atoms with Crippen molar-refractivity contribution in [1.29, 1.82) is 0 Å². The molecular weight excluding hydrogens is 288 g/mol. The fourth-order valence-corrected chi connectivity index (χ4v) is 1.78. The molecule has 3 nitrogen and oxygen atoms in total. The zero-order chi connectivity index (χ0) is 15.6. The molecular formula is C14H10F4N2O. The van der Waals surface area contributed by atoms with E-state index in [2.05, 4.69) is 4.98 Å². The second-order valence-electron chi connectivity index (χ2n) is 4.26. The van der Waals surface area contributed by atoms with E-state index in [0.717, 1.165) is 6.07 Å². The van der Waals surface area contributed by atoms with Crippen LogP contribution in [-0.2, 0) is 12.7 Å². The summed E-state index contributed by atoms with van der Waals surface area (Å²) in [4.78, 5) is 16.0. The van der Waals surface area contributed by atoms with Crippen molar-refractivity contribution in [3.63, 3.8) is 0 Å². The summed E-state index contributed by atoms with van der Waals surface area (Å²) < 4.78 is 51.1. The molecule has 2 rings (SSSR count). The lowest BCUT2D eigenvalue weighted by Crippen LogP contribution is -2.11. The molecule has 0 saturated carbocycles. The van der Waals surface area contributed by atoms with Crippen LogP contribution in [0, 0.1) is 5.82 Å². The van der Waals surface area contributed by atoms with E-state index < -0.39 is 23.3 Å². The van der Waals surface area contributed by atoms with Crippen molar-refractivity contribution in [3.8, 4) is 0 Å². The van der Waals surface area contributed by atoms with Crippen LogP contribution in [0.4, 0.5) is 17.6 Å². The average Bonchev–Trinajstić information content (AvgIpc) is 2.46. The molecule has 0 bridgehead atoms. The summed E-state index contributed by atoms with van der Waals surface area (Å²) in [5, 5.41) is 0. The predicted octanol–water partition coefficient (Wildman–Crippen LogP) is 2.93. The third kappa shape index (κ3) is 3.25. The van der Waals surface area contributed by atoms with Gasteiger partial charge in [-0.05, 0) is 30.3 Å². The molecule has 1 aromatic carbocycles. The minimum absolute atomic E-state index is 0.0956. The van der Waals surface area contributed by atoms with Gasteiger partial charge in [0.2, 0.25) is 0 Å². The maximum absolute atomic E-state index is 13.2. The van der Waals surface area contributed by atoms with Gasteiger partial charge in [-0.15, -0.1) is 0 Å². The van der Waals surface area contributed by atoms with Crippen LogP contribution >= 0.6 is 0 Å². The van der Waals surface area contributed by atoms with Gasteiger partial charge >= 0.3 is 6.18 Å². The van der Waals surface area contributed by atoms with Gasteiger partial charge in [0.15, 0.2) is 5.78 Å². The predicted molar refractivity (Wildman–Crippen MR) is 67.0 cm³/mol. The third-order valence-electron chi connectivity index (χ3n) is 2.82. The SMILES string of the molecule is NCc1cc(C(=O)c2ccc(F)c(C(F)(F)F)c2)ccn1. The lowest BCUT2D eigenvalue weighted by molar-refractivity contribution is -0.140. The molecule has 0 atom stereocenters. The normalized spacial score (nSPS) is 11.5. The molecule has 1 aromatic heterocycles. The first-order chi connectivity index (χ1) is 9.82. The minimum atomic E-state index is -4.86. The molecule has 1 heterocycles. The number of nitrogens with two attached hydrogens (primary N) is 1. The monoisotopic (exact) mass is 298 g/mol. The molecule has 0 amide bonds. The second-order valence-corrected chi connectivity index (χ2v) is 4.26. The van der Waals surface area contributed by atoms with Crippen LogP contribution in [0.5, 0.6) is 0 Å². The number of pyridine rings is 1. The molecule has 0 aliphatic rings. The fourth-order valence-electron chi connectivity index (χ4n) is 1.78. The zero-order valence-electron chi connectivity index (χ0n) is 10.6. The van der Waals surface area contributed by atoms with Gasteiger partial charge in [-0.3, -0.25) is 9.78 Å². The molecule has 0 fully saturated rings. The Hall–Kier alpha value is -2.28. The Balaban J connectivity index is 2.44. The van der Waals surface area contributed by atoms with E-state index in [4.69, 9.17) is 5.73 Å². The molecule has 2 N–H and O–H groups in total. The number of carbonyl (C=O) groups excluding carboxylic acids is 1. The number of hydrogen-bond acceptors (Lipinski definition) is 3. The molecule has 0 saturated heterocycles. The first kappa shape index (κ1) is 15.1. The molecule has 110 valence electrons. The van der Waals surface area contributed by atoms with Crippen molar-refractivity contribution < 1.29 is 22.4 Å². The van der Waals surface area contributed by atoms with Gasteiger partial charge in [0.05, 0.1) is 11.3 Å². The van der Waals surface area contributed by atoms with Gasteiger partial charge in [0, 0.05) is 23.9 Å². The highest BCUT2D eigenvalue weighted by Gasteiger charge is 2.34. The van der Waals surface area contributed by atoms with E-state index in [9.17, 15) is 22.4 Å². The maximum atomic E-state index is 13.2. The molecule has 0 radical (unpaired) electrons. The highest BCUT2D eigenvalue weighted by atomic mass is 19.4. The quantitative estimate of drug-likeness (QED) is 0.700. The molecule has 0 spiro atoms. The Bertz CT molecular complexity index is 683. The number of alkyl halides is 3. The van der Waals surface area contributed by atoms with E-state index in [-0.39, 0.29) is 17.7 Å². The molecule has 0 aliphatic carbocycles. The molecule has 2 aromatic rings. The average molecular weight is 298 g/mol. The van der Waals surface area contributed by atoms with Crippen LogP contribution in [0.15, 0.2) is 36.5 Å². The summed E-state index contributed by atoms with van der Waals surface area (Å²) in [5.41, 5.74) is 4.24. The lowest BCUT2D eigenvalue weighted by atomic mass is 10.0. The van der Waals surface area contributed by atoms with Gasteiger partial charge in [-0.2, -0.15) is 13.2 Å². The Morgan fingerprint density at radius 2 is 1.81 bits per heavy atom. The van der Waals surface area contributed by atoms with E-state index in [1.807, 2.05) is 0 Å². The molecule has 0 unspecified atom stereocenters. The van der Waals surface area contributed by atoms with Crippen molar-refractivity contribution in [2.45, 2.75) is 12.7 Å². The van der Waals surface area contributed by atoms with Crippen LogP contribution in [0.1, 0.15) is 27.2 Å². The number of ketones is 1. The van der Waals surface area contributed by atoms with Gasteiger partial charge in [0.1, 0.15) is 5.82 Å². The number of carbonyl (C=O) groups is 1. The summed E-state index contributed by atoms with van der Waals surface area (Å²) >= 11 is 0. The highest BCUT2D eigenvalue weighted by Crippen LogP contribution is 2.32. The van der Waals surface area contributed by atoms with Crippen molar-refractivity contribution in [2.24, 2.45) is 5.73 Å². The highest BCUT2D eigenvalue weighted by molar-refractivity contribution is 6.09. The van der Waals surface area contributed by atoms with E-state index in [1.165, 1.54) is 18.3 Å². The Morgan fingerprint density at radius 1 is 1.14 bits per heavy atom. The Kier molecular flexibility index (Phi) is 4.04. The van der Waals surface area contributed by atoms with Crippen LogP contribution in [0.3, 0.4) is 0 Å². The van der Waals surface area contributed by atoms with Gasteiger partial charge < -0.3 is 5.73 Å². The maximum Gasteiger partial charge on any atom is 0.419 e.